The first-order chi connectivity index (χ1) is 8.72. The molecule has 0 spiro atoms. The molecule has 3 unspecified atom stereocenters. The highest BCUT2D eigenvalue weighted by Crippen LogP contribution is 2.39. The highest BCUT2D eigenvalue weighted by atomic mass is 15.3. The molecule has 1 N–H and O–H groups in total. The maximum Gasteiger partial charge on any atom is 0.164 e. The number of rotatable bonds is 1. The normalized spacial score (nSPS) is 30.4. The van der Waals surface area contributed by atoms with Gasteiger partial charge in [0, 0.05) is 29.8 Å². The number of aryl methyl sites for hydroxylation is 2. The number of aromatic nitrogens is 4. The minimum Gasteiger partial charge on any atom is -0.310 e. The van der Waals surface area contributed by atoms with Gasteiger partial charge in [0.2, 0.25) is 0 Å². The molecule has 2 saturated heterocycles. The van der Waals surface area contributed by atoms with Crippen molar-refractivity contribution in [2.45, 2.75) is 51.1 Å². The average Bonchev–Trinajstić information content (AvgIpc) is 3.00. The number of hydrogen-bond acceptors (Lipinski definition) is 4. The van der Waals surface area contributed by atoms with Crippen molar-refractivity contribution in [1.82, 2.24) is 24.9 Å². The van der Waals surface area contributed by atoms with Gasteiger partial charge in [-0.2, -0.15) is 0 Å². The van der Waals surface area contributed by atoms with Crippen LogP contribution < -0.4 is 5.32 Å². The second kappa shape index (κ2) is 3.51. The Morgan fingerprint density at radius 2 is 2.17 bits per heavy atom. The lowest BCUT2D eigenvalue weighted by Gasteiger charge is -2.18. The maximum absolute atomic E-state index is 4.53. The molecule has 5 heteroatoms. The zero-order chi connectivity index (χ0) is 12.3. The van der Waals surface area contributed by atoms with Crippen LogP contribution in [0.2, 0.25) is 0 Å². The second-order valence-electron chi connectivity index (χ2n) is 5.59. The smallest absolute Gasteiger partial charge is 0.164 e. The molecule has 0 amide bonds. The third-order valence-corrected chi connectivity index (χ3v) is 4.34. The topological polar surface area (TPSA) is 55.1 Å². The van der Waals surface area contributed by atoms with Crippen LogP contribution in [-0.4, -0.2) is 31.7 Å². The van der Waals surface area contributed by atoms with Crippen molar-refractivity contribution in [2.75, 3.05) is 0 Å². The minimum absolute atomic E-state index is 0.502. The highest BCUT2D eigenvalue weighted by molar-refractivity contribution is 5.40. The van der Waals surface area contributed by atoms with Gasteiger partial charge in [-0.25, -0.2) is 4.98 Å². The minimum atomic E-state index is 0.502. The molecule has 4 rings (SSSR count). The summed E-state index contributed by atoms with van der Waals surface area (Å²) < 4.78 is 2.13. The lowest BCUT2D eigenvalue weighted by atomic mass is 9.88. The van der Waals surface area contributed by atoms with Crippen molar-refractivity contribution in [2.24, 2.45) is 0 Å². The van der Waals surface area contributed by atoms with Crippen molar-refractivity contribution in [3.05, 3.63) is 23.4 Å². The Balaban J connectivity index is 1.86. The molecular weight excluding hydrogens is 226 g/mol. The van der Waals surface area contributed by atoms with Crippen molar-refractivity contribution in [1.29, 1.82) is 0 Å². The molecule has 0 aliphatic carbocycles. The number of nitrogens with zero attached hydrogens (tertiary/aromatic N) is 4. The van der Waals surface area contributed by atoms with Crippen LogP contribution in [0.3, 0.4) is 0 Å². The first kappa shape index (κ1) is 10.4. The van der Waals surface area contributed by atoms with Crippen LogP contribution in [0.5, 0.6) is 0 Å². The van der Waals surface area contributed by atoms with Gasteiger partial charge < -0.3 is 5.32 Å². The zero-order valence-electron chi connectivity index (χ0n) is 10.7. The van der Waals surface area contributed by atoms with Gasteiger partial charge in [0.25, 0.3) is 0 Å². The van der Waals surface area contributed by atoms with E-state index in [2.05, 4.69) is 24.9 Å². The number of nitrogens with one attached hydrogen (secondary N) is 1. The third-order valence-electron chi connectivity index (χ3n) is 4.34. The molecule has 18 heavy (non-hydrogen) atoms. The molecule has 2 aliphatic rings. The summed E-state index contributed by atoms with van der Waals surface area (Å²) in [5, 5.41) is 12.4. The Bertz CT molecular complexity index is 617. The summed E-state index contributed by atoms with van der Waals surface area (Å²) in [5.41, 5.74) is 1.93. The van der Waals surface area contributed by atoms with Gasteiger partial charge in [0.15, 0.2) is 5.65 Å². The fourth-order valence-corrected chi connectivity index (χ4v) is 3.61. The summed E-state index contributed by atoms with van der Waals surface area (Å²) in [6, 6.07) is 3.28. The van der Waals surface area contributed by atoms with Gasteiger partial charge in [-0.1, -0.05) is 0 Å². The standard InChI is InChI=1S/C13H17N5/c1-7-5-12-16-17-13(18(12)8(2)14-7)10-6-9-3-4-11(10)15-9/h5,9-11,15H,3-4,6H2,1-2H3. The monoisotopic (exact) mass is 243 g/mol. The maximum atomic E-state index is 4.53. The van der Waals surface area contributed by atoms with Crippen LogP contribution >= 0.6 is 0 Å². The van der Waals surface area contributed by atoms with Crippen LogP contribution in [0, 0.1) is 13.8 Å². The van der Waals surface area contributed by atoms with Gasteiger partial charge in [0.1, 0.15) is 11.6 Å². The summed E-state index contributed by atoms with van der Waals surface area (Å²) in [6.45, 7) is 4.04. The van der Waals surface area contributed by atoms with E-state index in [4.69, 9.17) is 0 Å². The SMILES string of the molecule is Cc1cc2nnc(C3CC4CCC3N4)n2c(C)n1. The summed E-state index contributed by atoms with van der Waals surface area (Å²) in [7, 11) is 0. The van der Waals surface area contributed by atoms with Gasteiger partial charge in [-0.15, -0.1) is 10.2 Å². The van der Waals surface area contributed by atoms with Crippen LogP contribution in [-0.2, 0) is 0 Å². The van der Waals surface area contributed by atoms with E-state index in [9.17, 15) is 0 Å². The molecule has 2 aromatic heterocycles. The number of fused-ring (bicyclic) bond motifs is 3. The van der Waals surface area contributed by atoms with Crippen LogP contribution in [0.1, 0.15) is 42.5 Å². The van der Waals surface area contributed by atoms with Gasteiger partial charge in [-0.3, -0.25) is 4.40 Å². The van der Waals surface area contributed by atoms with Crippen molar-refractivity contribution in [3.8, 4) is 0 Å². The lowest BCUT2D eigenvalue weighted by molar-refractivity contribution is 0.482. The summed E-state index contributed by atoms with van der Waals surface area (Å²) in [4.78, 5) is 4.53. The largest absolute Gasteiger partial charge is 0.310 e. The van der Waals surface area contributed by atoms with Crippen molar-refractivity contribution < 1.29 is 0 Å². The van der Waals surface area contributed by atoms with E-state index in [-0.39, 0.29) is 0 Å². The molecule has 2 bridgehead atoms. The van der Waals surface area contributed by atoms with E-state index < -0.39 is 0 Å². The Labute approximate surface area is 106 Å². The average molecular weight is 243 g/mol. The van der Waals surface area contributed by atoms with E-state index in [0.717, 1.165) is 23.0 Å². The van der Waals surface area contributed by atoms with Gasteiger partial charge in [-0.05, 0) is 33.1 Å². The Morgan fingerprint density at radius 3 is 2.89 bits per heavy atom. The Kier molecular flexibility index (Phi) is 2.03. The first-order valence-corrected chi connectivity index (χ1v) is 6.67. The van der Waals surface area contributed by atoms with Crippen LogP contribution in [0.4, 0.5) is 0 Å². The molecule has 2 fully saturated rings. The highest BCUT2D eigenvalue weighted by Gasteiger charge is 2.42. The van der Waals surface area contributed by atoms with Crippen molar-refractivity contribution in [3.63, 3.8) is 0 Å². The predicted molar refractivity (Wildman–Crippen MR) is 67.6 cm³/mol. The molecular formula is C13H17N5. The van der Waals surface area contributed by atoms with E-state index in [1.54, 1.807) is 0 Å². The summed E-state index contributed by atoms with van der Waals surface area (Å²) in [6.07, 6.45) is 3.77. The molecule has 5 nitrogen and oxygen atoms in total. The van der Waals surface area contributed by atoms with Gasteiger partial charge in [0.05, 0.1) is 0 Å². The summed E-state index contributed by atoms with van der Waals surface area (Å²) >= 11 is 0. The fraction of sp³-hybridized carbons (Fsp3) is 0.615. The van der Waals surface area contributed by atoms with E-state index >= 15 is 0 Å². The Morgan fingerprint density at radius 1 is 1.28 bits per heavy atom. The quantitative estimate of drug-likeness (QED) is 0.821. The molecule has 0 radical (unpaired) electrons. The first-order valence-electron chi connectivity index (χ1n) is 6.67. The molecule has 2 aliphatic heterocycles. The van der Waals surface area contributed by atoms with E-state index in [1.807, 2.05) is 19.9 Å². The zero-order valence-corrected chi connectivity index (χ0v) is 10.7. The predicted octanol–water partition coefficient (Wildman–Crippen LogP) is 1.35. The molecule has 94 valence electrons. The molecule has 2 aromatic rings. The molecule has 3 atom stereocenters. The third kappa shape index (κ3) is 1.34. The molecule has 0 aromatic carbocycles. The van der Waals surface area contributed by atoms with Crippen LogP contribution in [0.25, 0.3) is 5.65 Å². The molecule has 4 heterocycles. The van der Waals surface area contributed by atoms with Gasteiger partial charge >= 0.3 is 0 Å². The van der Waals surface area contributed by atoms with E-state index in [1.165, 1.54) is 19.3 Å². The van der Waals surface area contributed by atoms with E-state index in [0.29, 0.717) is 18.0 Å². The molecule has 0 saturated carbocycles. The number of hydrogen-bond donors (Lipinski definition) is 1. The Hall–Kier alpha value is -1.49. The second-order valence-corrected chi connectivity index (χ2v) is 5.59. The lowest BCUT2D eigenvalue weighted by Crippen LogP contribution is -2.23. The van der Waals surface area contributed by atoms with Crippen LogP contribution in [0.15, 0.2) is 6.07 Å². The summed E-state index contributed by atoms with van der Waals surface area (Å²) in [5.74, 6) is 2.59. The fourth-order valence-electron chi connectivity index (χ4n) is 3.61. The van der Waals surface area contributed by atoms with Crippen molar-refractivity contribution >= 4 is 5.65 Å².